The molecule has 1 amide bonds. The average molecular weight is 259 g/mol. The zero-order valence-electron chi connectivity index (χ0n) is 9.74. The van der Waals surface area contributed by atoms with Gasteiger partial charge in [0.1, 0.15) is 4.75 Å². The molecule has 4 nitrogen and oxygen atoms in total. The van der Waals surface area contributed by atoms with Gasteiger partial charge in [-0.1, -0.05) is 24.3 Å². The van der Waals surface area contributed by atoms with Crippen LogP contribution in [0.3, 0.4) is 0 Å². The summed E-state index contributed by atoms with van der Waals surface area (Å²) in [6, 6.07) is 9.83. The van der Waals surface area contributed by atoms with E-state index in [0.717, 1.165) is 18.4 Å². The van der Waals surface area contributed by atoms with Crippen LogP contribution >= 0.6 is 11.9 Å². The van der Waals surface area contributed by atoms with E-state index in [1.165, 1.54) is 17.5 Å². The van der Waals surface area contributed by atoms with Crippen molar-refractivity contribution in [1.29, 1.82) is 0 Å². The van der Waals surface area contributed by atoms with E-state index >= 15 is 0 Å². The molecule has 0 spiro atoms. The first kappa shape index (κ1) is 11.3. The highest BCUT2D eigenvalue weighted by atomic mass is 32.2. The van der Waals surface area contributed by atoms with Gasteiger partial charge in [0.2, 0.25) is 5.91 Å². The molecule has 92 valence electrons. The van der Waals surface area contributed by atoms with Gasteiger partial charge in [-0.05, 0) is 42.0 Å². The smallest absolute Gasteiger partial charge is 0.240 e. The van der Waals surface area contributed by atoms with Gasteiger partial charge in [-0.15, -0.1) is 0 Å². The fourth-order valence-electron chi connectivity index (χ4n) is 2.44. The van der Waals surface area contributed by atoms with Crippen LogP contribution in [0.1, 0.15) is 17.5 Å². The van der Waals surface area contributed by atoms with Gasteiger partial charge in [0.15, 0.2) is 0 Å². The van der Waals surface area contributed by atoms with Gasteiger partial charge in [-0.3, -0.25) is 4.79 Å². The molecule has 1 heterocycles. The van der Waals surface area contributed by atoms with Crippen molar-refractivity contribution in [2.24, 2.45) is 5.73 Å². The highest BCUT2D eigenvalue weighted by Gasteiger charge is 2.45. The molecule has 0 aliphatic heterocycles. The van der Waals surface area contributed by atoms with Crippen LogP contribution < -0.4 is 5.73 Å². The second kappa shape index (κ2) is 4.17. The van der Waals surface area contributed by atoms with Crippen molar-refractivity contribution < 1.29 is 4.79 Å². The monoisotopic (exact) mass is 259 g/mol. The van der Waals surface area contributed by atoms with Crippen LogP contribution in [0.15, 0.2) is 42.7 Å². The summed E-state index contributed by atoms with van der Waals surface area (Å²) >= 11 is 1.39. The van der Waals surface area contributed by atoms with Crippen molar-refractivity contribution in [2.75, 3.05) is 0 Å². The zero-order chi connectivity index (χ0) is 12.6. The van der Waals surface area contributed by atoms with Gasteiger partial charge in [0.05, 0.1) is 0 Å². The number of aromatic nitrogens is 2. The summed E-state index contributed by atoms with van der Waals surface area (Å²) in [6.07, 6.45) is 5.14. The Kier molecular flexibility index (Phi) is 2.63. The summed E-state index contributed by atoms with van der Waals surface area (Å²) in [5.74, 6) is -0.298. The van der Waals surface area contributed by atoms with Crippen molar-refractivity contribution in [1.82, 2.24) is 9.19 Å². The van der Waals surface area contributed by atoms with E-state index in [4.69, 9.17) is 5.73 Å². The Labute approximate surface area is 109 Å². The number of aryl methyl sites for hydroxylation is 1. The predicted octanol–water partition coefficient (Wildman–Crippen LogP) is 1.71. The Morgan fingerprint density at radius 1 is 1.39 bits per heavy atom. The lowest BCUT2D eigenvalue weighted by Gasteiger charge is -2.25. The first-order chi connectivity index (χ1) is 8.72. The molecule has 1 unspecified atom stereocenters. The molecule has 1 aromatic carbocycles. The Hall–Kier alpha value is -1.75. The number of amides is 1. The van der Waals surface area contributed by atoms with Crippen LogP contribution in [0, 0.1) is 0 Å². The Morgan fingerprint density at radius 3 is 2.94 bits per heavy atom. The third kappa shape index (κ3) is 1.62. The fourth-order valence-corrected chi connectivity index (χ4v) is 3.57. The van der Waals surface area contributed by atoms with Crippen molar-refractivity contribution in [2.45, 2.75) is 17.6 Å². The van der Waals surface area contributed by atoms with Crippen molar-refractivity contribution in [3.8, 4) is 0 Å². The van der Waals surface area contributed by atoms with Gasteiger partial charge >= 0.3 is 0 Å². The number of nitrogens with zero attached hydrogens (tertiary/aromatic N) is 2. The third-order valence-corrected chi connectivity index (χ3v) is 4.67. The SMILES string of the molecule is NC(=O)C1(Sn2cccn2)CCc2ccccc21. The molecule has 0 fully saturated rings. The topological polar surface area (TPSA) is 60.9 Å². The number of hydrogen-bond acceptors (Lipinski definition) is 3. The summed E-state index contributed by atoms with van der Waals surface area (Å²) in [4.78, 5) is 12.0. The normalized spacial score (nSPS) is 21.8. The summed E-state index contributed by atoms with van der Waals surface area (Å²) in [6.45, 7) is 0. The second-order valence-corrected chi connectivity index (χ2v) is 5.60. The summed E-state index contributed by atoms with van der Waals surface area (Å²) in [5, 5.41) is 4.15. The lowest BCUT2D eigenvalue weighted by Crippen LogP contribution is -2.37. The van der Waals surface area contributed by atoms with E-state index in [2.05, 4.69) is 11.2 Å². The maximum Gasteiger partial charge on any atom is 0.240 e. The number of carbonyl (C=O) groups excluding carboxylic acids is 1. The first-order valence-electron chi connectivity index (χ1n) is 5.80. The molecule has 1 aromatic heterocycles. The zero-order valence-corrected chi connectivity index (χ0v) is 10.6. The van der Waals surface area contributed by atoms with Crippen LogP contribution in [0.25, 0.3) is 0 Å². The predicted molar refractivity (Wildman–Crippen MR) is 70.9 cm³/mol. The number of carbonyl (C=O) groups is 1. The van der Waals surface area contributed by atoms with E-state index in [9.17, 15) is 4.79 Å². The fraction of sp³-hybridized carbons (Fsp3) is 0.231. The second-order valence-electron chi connectivity index (χ2n) is 4.35. The summed E-state index contributed by atoms with van der Waals surface area (Å²) in [5.41, 5.74) is 7.89. The minimum atomic E-state index is -0.692. The molecule has 0 bridgehead atoms. The number of rotatable bonds is 3. The molecule has 2 aromatic rings. The van der Waals surface area contributed by atoms with E-state index in [-0.39, 0.29) is 5.91 Å². The number of primary amides is 1. The summed E-state index contributed by atoms with van der Waals surface area (Å²) < 4.78 is 1.01. The minimum Gasteiger partial charge on any atom is -0.368 e. The standard InChI is InChI=1S/C13H13N3OS/c14-12(17)13(18-16-9-3-8-15-16)7-6-10-4-1-2-5-11(10)13/h1-5,8-9H,6-7H2,(H2,14,17). The number of fused-ring (bicyclic) bond motifs is 1. The molecule has 1 aliphatic rings. The first-order valence-corrected chi connectivity index (χ1v) is 6.57. The number of nitrogens with two attached hydrogens (primary N) is 1. The van der Waals surface area contributed by atoms with E-state index < -0.39 is 4.75 Å². The minimum absolute atomic E-state index is 0.298. The van der Waals surface area contributed by atoms with Crippen LogP contribution in [-0.2, 0) is 16.0 Å². The molecule has 18 heavy (non-hydrogen) atoms. The number of benzene rings is 1. The largest absolute Gasteiger partial charge is 0.368 e. The molecule has 2 N–H and O–H groups in total. The highest BCUT2D eigenvalue weighted by Crippen LogP contribution is 2.47. The lowest BCUT2D eigenvalue weighted by molar-refractivity contribution is -0.120. The Balaban J connectivity index is 2.07. The van der Waals surface area contributed by atoms with Crippen LogP contribution in [0.4, 0.5) is 0 Å². The van der Waals surface area contributed by atoms with Crippen molar-refractivity contribution >= 4 is 17.9 Å². The molecule has 0 saturated carbocycles. The quantitative estimate of drug-likeness (QED) is 0.912. The molecule has 1 atom stereocenters. The van der Waals surface area contributed by atoms with Gasteiger partial charge < -0.3 is 5.73 Å². The maximum absolute atomic E-state index is 12.0. The van der Waals surface area contributed by atoms with Crippen molar-refractivity contribution in [3.05, 3.63) is 53.9 Å². The van der Waals surface area contributed by atoms with Crippen LogP contribution in [0.2, 0.25) is 0 Å². The van der Waals surface area contributed by atoms with Gasteiger partial charge in [0, 0.05) is 12.4 Å². The van der Waals surface area contributed by atoms with E-state index in [1.807, 2.05) is 30.5 Å². The molecule has 3 rings (SSSR count). The van der Waals surface area contributed by atoms with Crippen LogP contribution in [-0.4, -0.2) is 15.1 Å². The molecule has 0 saturated heterocycles. The van der Waals surface area contributed by atoms with Gasteiger partial charge in [-0.2, -0.15) is 5.10 Å². The van der Waals surface area contributed by atoms with Gasteiger partial charge in [0.25, 0.3) is 0 Å². The maximum atomic E-state index is 12.0. The highest BCUT2D eigenvalue weighted by molar-refractivity contribution is 7.99. The Bertz CT molecular complexity index is 582. The third-order valence-electron chi connectivity index (χ3n) is 3.33. The van der Waals surface area contributed by atoms with Gasteiger partial charge in [-0.25, -0.2) is 4.09 Å². The molecular formula is C13H13N3OS. The molecule has 5 heteroatoms. The lowest BCUT2D eigenvalue weighted by atomic mass is 10.00. The molecule has 0 radical (unpaired) electrons. The van der Waals surface area contributed by atoms with Crippen LogP contribution in [0.5, 0.6) is 0 Å². The molecule has 1 aliphatic carbocycles. The van der Waals surface area contributed by atoms with Crippen molar-refractivity contribution in [3.63, 3.8) is 0 Å². The molecular weight excluding hydrogens is 246 g/mol. The van der Waals surface area contributed by atoms with E-state index in [1.54, 1.807) is 10.3 Å². The average Bonchev–Trinajstić information content (AvgIpc) is 2.99. The number of hydrogen-bond donors (Lipinski definition) is 1. The summed E-state index contributed by atoms with van der Waals surface area (Å²) in [7, 11) is 0. The Morgan fingerprint density at radius 2 is 2.22 bits per heavy atom. The van der Waals surface area contributed by atoms with E-state index in [0.29, 0.717) is 0 Å².